The van der Waals surface area contributed by atoms with Crippen LogP contribution in [0.25, 0.3) is 0 Å². The van der Waals surface area contributed by atoms with Crippen molar-refractivity contribution in [2.75, 3.05) is 32.1 Å². The van der Waals surface area contributed by atoms with E-state index in [9.17, 15) is 9.59 Å². The van der Waals surface area contributed by atoms with Gasteiger partial charge >= 0.3 is 0 Å². The number of likely N-dealkylation sites (N-methyl/N-ethyl adjacent to an activating group) is 1. The van der Waals surface area contributed by atoms with E-state index in [1.54, 1.807) is 18.6 Å². The highest BCUT2D eigenvalue weighted by atomic mass is 32.1. The van der Waals surface area contributed by atoms with E-state index < -0.39 is 5.41 Å². The molecule has 28 heavy (non-hydrogen) atoms. The van der Waals surface area contributed by atoms with Crippen LogP contribution < -0.4 is 14.8 Å². The second kappa shape index (κ2) is 7.79. The molecule has 148 valence electrons. The molecular weight excluding hydrogens is 378 g/mol. The van der Waals surface area contributed by atoms with E-state index in [4.69, 9.17) is 9.47 Å². The molecule has 0 unspecified atom stereocenters. The van der Waals surface area contributed by atoms with Crippen LogP contribution in [0.5, 0.6) is 11.5 Å². The van der Waals surface area contributed by atoms with Crippen molar-refractivity contribution in [2.24, 2.45) is 0 Å². The third kappa shape index (κ3) is 3.56. The Balaban J connectivity index is 1.53. The third-order valence-electron chi connectivity index (χ3n) is 5.37. The first-order valence-electron chi connectivity index (χ1n) is 9.43. The Bertz CT molecular complexity index is 862. The molecule has 1 saturated carbocycles. The summed E-state index contributed by atoms with van der Waals surface area (Å²) < 4.78 is 11.3. The minimum atomic E-state index is -0.619. The van der Waals surface area contributed by atoms with Crippen molar-refractivity contribution < 1.29 is 19.1 Å². The molecule has 1 aliphatic carbocycles. The minimum Gasteiger partial charge on any atom is -0.486 e. The molecule has 0 saturated heterocycles. The van der Waals surface area contributed by atoms with Gasteiger partial charge in [-0.2, -0.15) is 0 Å². The van der Waals surface area contributed by atoms with Crippen LogP contribution in [0, 0.1) is 0 Å². The predicted octanol–water partition coefficient (Wildman–Crippen LogP) is 2.82. The summed E-state index contributed by atoms with van der Waals surface area (Å²) in [5.41, 5.74) is 0.318. The van der Waals surface area contributed by atoms with Gasteiger partial charge in [0.2, 0.25) is 11.8 Å². The molecule has 2 amide bonds. The summed E-state index contributed by atoms with van der Waals surface area (Å²) >= 11 is 1.35. The number of benzene rings is 1. The van der Waals surface area contributed by atoms with E-state index in [-0.39, 0.29) is 18.4 Å². The van der Waals surface area contributed by atoms with Crippen molar-refractivity contribution in [3.63, 3.8) is 0 Å². The number of nitrogens with zero attached hydrogens (tertiary/aromatic N) is 2. The fourth-order valence-electron chi connectivity index (χ4n) is 4.04. The first-order valence-corrected chi connectivity index (χ1v) is 10.3. The van der Waals surface area contributed by atoms with Crippen molar-refractivity contribution >= 4 is 28.3 Å². The molecular formula is C20H23N3O4S. The van der Waals surface area contributed by atoms with E-state index in [0.29, 0.717) is 29.8 Å². The Labute approximate surface area is 167 Å². The summed E-state index contributed by atoms with van der Waals surface area (Å²) in [5, 5.41) is 5.06. The molecule has 1 aliphatic heterocycles. The van der Waals surface area contributed by atoms with Crippen molar-refractivity contribution in [3.8, 4) is 11.5 Å². The van der Waals surface area contributed by atoms with Crippen molar-refractivity contribution in [2.45, 2.75) is 31.1 Å². The SMILES string of the molecule is CN(CC(=O)Nc1nccs1)C(=O)C1(c2ccc3c(c2)OCCO3)CCCC1. The van der Waals surface area contributed by atoms with E-state index in [0.717, 1.165) is 31.2 Å². The second-order valence-corrected chi connectivity index (χ2v) is 8.09. The first kappa shape index (κ1) is 18.7. The normalized spacial score (nSPS) is 17.2. The van der Waals surface area contributed by atoms with Crippen LogP contribution in [0.15, 0.2) is 29.8 Å². The lowest BCUT2D eigenvalue weighted by atomic mass is 9.77. The van der Waals surface area contributed by atoms with Gasteiger partial charge in [0.25, 0.3) is 0 Å². The topological polar surface area (TPSA) is 80.8 Å². The molecule has 0 radical (unpaired) electrons. The highest BCUT2D eigenvalue weighted by molar-refractivity contribution is 7.13. The van der Waals surface area contributed by atoms with Crippen LogP contribution in [0.3, 0.4) is 0 Å². The number of fused-ring (bicyclic) bond motifs is 1. The zero-order chi connectivity index (χ0) is 19.6. The van der Waals surface area contributed by atoms with Gasteiger partial charge in [-0.1, -0.05) is 18.9 Å². The summed E-state index contributed by atoms with van der Waals surface area (Å²) in [5.74, 6) is 1.12. The molecule has 1 aromatic heterocycles. The number of hydrogen-bond acceptors (Lipinski definition) is 6. The van der Waals surface area contributed by atoms with Gasteiger partial charge in [-0.3, -0.25) is 9.59 Å². The maximum Gasteiger partial charge on any atom is 0.245 e. The molecule has 2 aliphatic rings. The third-order valence-corrected chi connectivity index (χ3v) is 6.06. The average Bonchev–Trinajstić information content (AvgIpc) is 3.39. The summed E-state index contributed by atoms with van der Waals surface area (Å²) in [6.45, 7) is 1.03. The highest BCUT2D eigenvalue weighted by Gasteiger charge is 2.45. The molecule has 8 heteroatoms. The highest BCUT2D eigenvalue weighted by Crippen LogP contribution is 2.45. The number of nitrogens with one attached hydrogen (secondary N) is 1. The Hall–Kier alpha value is -2.61. The van der Waals surface area contributed by atoms with Crippen molar-refractivity contribution in [1.82, 2.24) is 9.88 Å². The van der Waals surface area contributed by atoms with Gasteiger partial charge in [0.15, 0.2) is 16.6 Å². The molecule has 2 heterocycles. The quantitative estimate of drug-likeness (QED) is 0.833. The Morgan fingerprint density at radius 3 is 2.68 bits per heavy atom. The monoisotopic (exact) mass is 401 g/mol. The average molecular weight is 401 g/mol. The molecule has 2 aromatic rings. The zero-order valence-electron chi connectivity index (χ0n) is 15.8. The van der Waals surface area contributed by atoms with Gasteiger partial charge in [-0.05, 0) is 30.5 Å². The van der Waals surface area contributed by atoms with Crippen LogP contribution in [-0.4, -0.2) is 48.5 Å². The number of carbonyl (C=O) groups is 2. The van der Waals surface area contributed by atoms with Gasteiger partial charge in [0.05, 0.1) is 12.0 Å². The predicted molar refractivity (Wildman–Crippen MR) is 106 cm³/mol. The number of rotatable bonds is 5. The maximum atomic E-state index is 13.4. The number of carbonyl (C=O) groups excluding carboxylic acids is 2. The van der Waals surface area contributed by atoms with Gasteiger partial charge in [-0.25, -0.2) is 4.98 Å². The number of amides is 2. The molecule has 1 fully saturated rings. The molecule has 7 nitrogen and oxygen atoms in total. The zero-order valence-corrected chi connectivity index (χ0v) is 16.6. The molecule has 0 bridgehead atoms. The minimum absolute atomic E-state index is 0.00921. The fourth-order valence-corrected chi connectivity index (χ4v) is 4.59. The smallest absolute Gasteiger partial charge is 0.245 e. The number of aromatic nitrogens is 1. The molecule has 1 aromatic carbocycles. The molecule has 0 spiro atoms. The van der Waals surface area contributed by atoms with Crippen LogP contribution in [0.1, 0.15) is 31.2 Å². The van der Waals surface area contributed by atoms with Crippen LogP contribution in [-0.2, 0) is 15.0 Å². The van der Waals surface area contributed by atoms with Crippen molar-refractivity contribution in [3.05, 3.63) is 35.3 Å². The Morgan fingerprint density at radius 2 is 1.96 bits per heavy atom. The van der Waals surface area contributed by atoms with Gasteiger partial charge < -0.3 is 19.7 Å². The molecule has 1 N–H and O–H groups in total. The van der Waals surface area contributed by atoms with Gasteiger partial charge in [0, 0.05) is 18.6 Å². The molecule has 0 atom stereocenters. The van der Waals surface area contributed by atoms with E-state index in [1.807, 2.05) is 18.2 Å². The van der Waals surface area contributed by atoms with Gasteiger partial charge in [-0.15, -0.1) is 11.3 Å². The van der Waals surface area contributed by atoms with Crippen LogP contribution in [0.4, 0.5) is 5.13 Å². The standard InChI is InChI=1S/C20H23N3O4S/c1-23(13-17(24)22-19-21-8-11-28-19)18(25)20(6-2-3-7-20)14-4-5-15-16(12-14)27-10-9-26-15/h4-5,8,11-12H,2-3,6-7,9-10,13H2,1H3,(H,21,22,24). The second-order valence-electron chi connectivity index (χ2n) is 7.19. The lowest BCUT2D eigenvalue weighted by Gasteiger charge is -2.33. The van der Waals surface area contributed by atoms with E-state index in [1.165, 1.54) is 16.2 Å². The van der Waals surface area contributed by atoms with Crippen molar-refractivity contribution in [1.29, 1.82) is 0 Å². The summed E-state index contributed by atoms with van der Waals surface area (Å²) in [4.78, 5) is 31.3. The summed E-state index contributed by atoms with van der Waals surface area (Å²) in [6, 6.07) is 5.77. The number of hydrogen-bond donors (Lipinski definition) is 1. The van der Waals surface area contributed by atoms with E-state index >= 15 is 0 Å². The maximum absolute atomic E-state index is 13.4. The largest absolute Gasteiger partial charge is 0.486 e. The van der Waals surface area contributed by atoms with Crippen LogP contribution in [0.2, 0.25) is 0 Å². The lowest BCUT2D eigenvalue weighted by Crippen LogP contribution is -2.46. The Kier molecular flexibility index (Phi) is 5.21. The first-order chi connectivity index (χ1) is 13.6. The molecule has 4 rings (SSSR count). The number of ether oxygens (including phenoxy) is 2. The summed E-state index contributed by atoms with van der Waals surface area (Å²) in [7, 11) is 1.68. The summed E-state index contributed by atoms with van der Waals surface area (Å²) in [6.07, 6.45) is 5.14. The van der Waals surface area contributed by atoms with Gasteiger partial charge in [0.1, 0.15) is 13.2 Å². The number of anilines is 1. The lowest BCUT2D eigenvalue weighted by molar-refractivity contribution is -0.138. The van der Waals surface area contributed by atoms with Crippen LogP contribution >= 0.6 is 11.3 Å². The number of thiazole rings is 1. The van der Waals surface area contributed by atoms with E-state index in [2.05, 4.69) is 10.3 Å². The fraction of sp³-hybridized carbons (Fsp3) is 0.450. The Morgan fingerprint density at radius 1 is 1.21 bits per heavy atom.